The predicted octanol–water partition coefficient (Wildman–Crippen LogP) is 3.15. The molecule has 1 saturated heterocycles. The fourth-order valence-corrected chi connectivity index (χ4v) is 1.73. The summed E-state index contributed by atoms with van der Waals surface area (Å²) in [6.45, 7) is 8.84. The van der Waals surface area contributed by atoms with Crippen molar-refractivity contribution >= 4 is 6.21 Å². The Hall–Kier alpha value is -0.630. The standard InChI is InChI=1S/C13H24N2/c1-4-11(2)6-5-8-15-12(3)13-7-9-14-10-13/h8,11,14H,4-7,9-10H2,1-3H3/b13-12-,15-8?. The van der Waals surface area contributed by atoms with Gasteiger partial charge in [-0.2, -0.15) is 0 Å². The van der Waals surface area contributed by atoms with Gasteiger partial charge in [0, 0.05) is 18.5 Å². The van der Waals surface area contributed by atoms with Crippen LogP contribution in [0.2, 0.25) is 0 Å². The number of rotatable bonds is 5. The highest BCUT2D eigenvalue weighted by Crippen LogP contribution is 2.13. The van der Waals surface area contributed by atoms with Crippen LogP contribution in [0.15, 0.2) is 16.3 Å². The Morgan fingerprint density at radius 2 is 2.40 bits per heavy atom. The molecule has 1 aliphatic rings. The molecule has 1 rings (SSSR count). The summed E-state index contributed by atoms with van der Waals surface area (Å²) in [5.74, 6) is 0.831. The first-order valence-electron chi connectivity index (χ1n) is 6.16. The van der Waals surface area contributed by atoms with E-state index in [2.05, 4.69) is 37.3 Å². The molecule has 1 fully saturated rings. The van der Waals surface area contributed by atoms with Gasteiger partial charge in [0.05, 0.1) is 0 Å². The summed E-state index contributed by atoms with van der Waals surface area (Å²) in [4.78, 5) is 4.53. The third-order valence-corrected chi connectivity index (χ3v) is 3.22. The highest BCUT2D eigenvalue weighted by Gasteiger charge is 2.07. The molecular weight excluding hydrogens is 184 g/mol. The fraction of sp³-hybridized carbons (Fsp3) is 0.769. The van der Waals surface area contributed by atoms with Gasteiger partial charge in [-0.1, -0.05) is 20.3 Å². The van der Waals surface area contributed by atoms with E-state index in [1.165, 1.54) is 30.5 Å². The molecule has 86 valence electrons. The van der Waals surface area contributed by atoms with Gasteiger partial charge in [0.15, 0.2) is 0 Å². The average Bonchev–Trinajstić information content (AvgIpc) is 2.77. The van der Waals surface area contributed by atoms with Crippen molar-refractivity contribution in [3.63, 3.8) is 0 Å². The largest absolute Gasteiger partial charge is 0.313 e. The van der Waals surface area contributed by atoms with Crippen molar-refractivity contribution in [1.82, 2.24) is 5.32 Å². The molecule has 0 spiro atoms. The molecule has 1 N–H and O–H groups in total. The summed E-state index contributed by atoms with van der Waals surface area (Å²) in [5.41, 5.74) is 2.71. The first kappa shape index (κ1) is 12.4. The Labute approximate surface area is 93.9 Å². The Morgan fingerprint density at radius 3 is 3.00 bits per heavy atom. The summed E-state index contributed by atoms with van der Waals surface area (Å²) in [6, 6.07) is 0. The van der Waals surface area contributed by atoms with Crippen LogP contribution in [0.4, 0.5) is 0 Å². The van der Waals surface area contributed by atoms with Gasteiger partial charge in [-0.25, -0.2) is 0 Å². The van der Waals surface area contributed by atoms with Crippen molar-refractivity contribution in [3.05, 3.63) is 11.3 Å². The Kier molecular flexibility index (Phi) is 5.62. The summed E-state index contributed by atoms with van der Waals surface area (Å²) in [5, 5.41) is 3.34. The van der Waals surface area contributed by atoms with Gasteiger partial charge in [0.1, 0.15) is 0 Å². The number of nitrogens with one attached hydrogen (secondary N) is 1. The van der Waals surface area contributed by atoms with Crippen LogP contribution >= 0.6 is 0 Å². The highest BCUT2D eigenvalue weighted by molar-refractivity contribution is 5.59. The van der Waals surface area contributed by atoms with Gasteiger partial charge in [-0.05, 0) is 44.2 Å². The summed E-state index contributed by atoms with van der Waals surface area (Å²) < 4.78 is 0. The van der Waals surface area contributed by atoms with Crippen LogP contribution in [0, 0.1) is 5.92 Å². The fourth-order valence-electron chi connectivity index (χ4n) is 1.73. The molecule has 1 heterocycles. The maximum absolute atomic E-state index is 4.53. The molecule has 0 aliphatic carbocycles. The van der Waals surface area contributed by atoms with Crippen molar-refractivity contribution < 1.29 is 0 Å². The lowest BCUT2D eigenvalue weighted by Gasteiger charge is -2.04. The molecule has 0 aromatic heterocycles. The van der Waals surface area contributed by atoms with E-state index in [1.54, 1.807) is 0 Å². The van der Waals surface area contributed by atoms with Crippen LogP contribution in [0.1, 0.15) is 46.5 Å². The normalized spacial score (nSPS) is 22.3. The number of hydrogen-bond acceptors (Lipinski definition) is 2. The van der Waals surface area contributed by atoms with Gasteiger partial charge in [-0.15, -0.1) is 0 Å². The molecule has 0 bridgehead atoms. The number of nitrogens with zero attached hydrogens (tertiary/aromatic N) is 1. The monoisotopic (exact) mass is 208 g/mol. The topological polar surface area (TPSA) is 24.4 Å². The zero-order valence-electron chi connectivity index (χ0n) is 10.3. The first-order chi connectivity index (χ1) is 7.24. The zero-order chi connectivity index (χ0) is 11.1. The maximum Gasteiger partial charge on any atom is 0.0374 e. The molecule has 0 aromatic rings. The molecule has 2 heteroatoms. The SMILES string of the molecule is CCC(C)CCC=N/C(C)=C1/CCNC1. The molecule has 2 nitrogen and oxygen atoms in total. The van der Waals surface area contributed by atoms with Crippen LogP contribution in [0.5, 0.6) is 0 Å². The molecule has 0 radical (unpaired) electrons. The van der Waals surface area contributed by atoms with E-state index in [0.717, 1.165) is 25.4 Å². The van der Waals surface area contributed by atoms with E-state index in [4.69, 9.17) is 0 Å². The maximum atomic E-state index is 4.53. The molecule has 0 aromatic carbocycles. The highest BCUT2D eigenvalue weighted by atomic mass is 14.9. The van der Waals surface area contributed by atoms with Gasteiger partial charge in [-0.3, -0.25) is 4.99 Å². The predicted molar refractivity (Wildman–Crippen MR) is 67.4 cm³/mol. The Morgan fingerprint density at radius 1 is 1.60 bits per heavy atom. The van der Waals surface area contributed by atoms with E-state index in [9.17, 15) is 0 Å². The van der Waals surface area contributed by atoms with Crippen LogP contribution < -0.4 is 5.32 Å². The van der Waals surface area contributed by atoms with E-state index in [-0.39, 0.29) is 0 Å². The third kappa shape index (κ3) is 4.61. The van der Waals surface area contributed by atoms with Gasteiger partial charge in [0.2, 0.25) is 0 Å². The lowest BCUT2D eigenvalue weighted by Crippen LogP contribution is -2.05. The Bertz CT molecular complexity index is 233. The lowest BCUT2D eigenvalue weighted by molar-refractivity contribution is 0.530. The second-order valence-electron chi connectivity index (χ2n) is 4.52. The van der Waals surface area contributed by atoms with E-state index >= 15 is 0 Å². The molecule has 1 atom stereocenters. The van der Waals surface area contributed by atoms with Gasteiger partial charge in [0.25, 0.3) is 0 Å². The van der Waals surface area contributed by atoms with E-state index in [0.29, 0.717) is 0 Å². The van der Waals surface area contributed by atoms with E-state index < -0.39 is 0 Å². The zero-order valence-corrected chi connectivity index (χ0v) is 10.3. The number of allylic oxidation sites excluding steroid dienone is 1. The summed E-state index contributed by atoms with van der Waals surface area (Å²) >= 11 is 0. The molecule has 0 saturated carbocycles. The van der Waals surface area contributed by atoms with E-state index in [1.807, 2.05) is 0 Å². The number of hydrogen-bond donors (Lipinski definition) is 1. The minimum absolute atomic E-state index is 0.831. The van der Waals surface area contributed by atoms with Crippen LogP contribution in [-0.2, 0) is 0 Å². The number of aliphatic imine (C=N–C) groups is 1. The molecule has 1 aliphatic heterocycles. The van der Waals surface area contributed by atoms with Gasteiger partial charge >= 0.3 is 0 Å². The summed E-state index contributed by atoms with van der Waals surface area (Å²) in [7, 11) is 0. The quantitative estimate of drug-likeness (QED) is 0.690. The van der Waals surface area contributed by atoms with Crippen LogP contribution in [-0.4, -0.2) is 19.3 Å². The first-order valence-corrected chi connectivity index (χ1v) is 6.16. The average molecular weight is 208 g/mol. The minimum atomic E-state index is 0.831. The lowest BCUT2D eigenvalue weighted by atomic mass is 10.0. The summed E-state index contributed by atoms with van der Waals surface area (Å²) in [6.07, 6.45) is 6.92. The third-order valence-electron chi connectivity index (χ3n) is 3.22. The van der Waals surface area contributed by atoms with Crippen LogP contribution in [0.3, 0.4) is 0 Å². The molecule has 15 heavy (non-hydrogen) atoms. The Balaban J connectivity index is 2.28. The van der Waals surface area contributed by atoms with Crippen LogP contribution in [0.25, 0.3) is 0 Å². The van der Waals surface area contributed by atoms with Crippen molar-refractivity contribution in [2.75, 3.05) is 13.1 Å². The van der Waals surface area contributed by atoms with Crippen molar-refractivity contribution in [2.24, 2.45) is 10.9 Å². The smallest absolute Gasteiger partial charge is 0.0374 e. The van der Waals surface area contributed by atoms with Gasteiger partial charge < -0.3 is 5.32 Å². The molecule has 1 unspecified atom stereocenters. The molecule has 0 amide bonds. The second kappa shape index (κ2) is 6.78. The second-order valence-corrected chi connectivity index (χ2v) is 4.52. The molecular formula is C13H24N2. The minimum Gasteiger partial charge on any atom is -0.313 e. The van der Waals surface area contributed by atoms with Crippen molar-refractivity contribution in [2.45, 2.75) is 46.5 Å². The van der Waals surface area contributed by atoms with Crippen molar-refractivity contribution in [3.8, 4) is 0 Å². The van der Waals surface area contributed by atoms with Crippen molar-refractivity contribution in [1.29, 1.82) is 0 Å².